The average Bonchev–Trinajstić information content (AvgIpc) is 2.49. The summed E-state index contributed by atoms with van der Waals surface area (Å²) in [7, 11) is 0. The lowest BCUT2D eigenvalue weighted by atomic mass is 9.78. The zero-order chi connectivity index (χ0) is 14.1. The molecule has 2 unspecified atom stereocenters. The van der Waals surface area contributed by atoms with Crippen LogP contribution in [0.4, 0.5) is 0 Å². The minimum absolute atomic E-state index is 0.149. The molecule has 2 nitrogen and oxygen atoms in total. The Balaban J connectivity index is 1.83. The van der Waals surface area contributed by atoms with Gasteiger partial charge in [0.2, 0.25) is 0 Å². The first kappa shape index (κ1) is 14.4. The fourth-order valence-electron chi connectivity index (χ4n) is 3.67. The number of piperidine rings is 1. The van der Waals surface area contributed by atoms with E-state index in [1.165, 1.54) is 32.1 Å². The van der Waals surface area contributed by atoms with Gasteiger partial charge in [0.1, 0.15) is 0 Å². The number of benzene rings is 1. The lowest BCUT2D eigenvalue weighted by molar-refractivity contribution is 0.0390. The second-order valence-corrected chi connectivity index (χ2v) is 7.14. The predicted molar refractivity (Wildman–Crippen MR) is 85.2 cm³/mol. The lowest BCUT2D eigenvalue weighted by Crippen LogP contribution is -2.49. The highest BCUT2D eigenvalue weighted by atomic mass is 79.9. The van der Waals surface area contributed by atoms with Crippen LogP contribution in [0.2, 0.25) is 5.02 Å². The zero-order valence-corrected chi connectivity index (χ0v) is 13.8. The molecule has 1 saturated heterocycles. The summed E-state index contributed by atoms with van der Waals surface area (Å²) >= 11 is 9.49. The lowest BCUT2D eigenvalue weighted by Gasteiger charge is -2.44. The summed E-state index contributed by atoms with van der Waals surface area (Å²) in [4.78, 5) is 14.9. The van der Waals surface area contributed by atoms with Crippen molar-refractivity contribution < 1.29 is 4.79 Å². The molecule has 1 aromatic rings. The Morgan fingerprint density at radius 1 is 1.20 bits per heavy atom. The van der Waals surface area contributed by atoms with Gasteiger partial charge in [-0.1, -0.05) is 24.4 Å². The van der Waals surface area contributed by atoms with E-state index in [2.05, 4.69) is 20.8 Å². The third-order valence-electron chi connectivity index (χ3n) is 4.67. The number of halogens is 2. The number of fused-ring (bicyclic) bond motifs is 1. The number of carbonyl (C=O) groups excluding carboxylic acids is 1. The van der Waals surface area contributed by atoms with Gasteiger partial charge in [-0.3, -0.25) is 4.79 Å². The molecule has 1 aliphatic heterocycles. The molecule has 2 aliphatic rings. The monoisotopic (exact) mass is 355 g/mol. The molecular formula is C16H19BrClNO. The SMILES string of the molecule is O=C(c1ccc(Br)c(Cl)c1)N1CCCC2CCCCC21. The van der Waals surface area contributed by atoms with Crippen molar-refractivity contribution in [2.75, 3.05) is 6.54 Å². The van der Waals surface area contributed by atoms with E-state index in [1.54, 1.807) is 6.07 Å². The van der Waals surface area contributed by atoms with Crippen molar-refractivity contribution in [1.82, 2.24) is 4.90 Å². The number of rotatable bonds is 1. The van der Waals surface area contributed by atoms with Crippen LogP contribution in [0.1, 0.15) is 48.9 Å². The van der Waals surface area contributed by atoms with Crippen molar-refractivity contribution in [1.29, 1.82) is 0 Å². The van der Waals surface area contributed by atoms with Crippen LogP contribution in [0.5, 0.6) is 0 Å². The number of hydrogen-bond donors (Lipinski definition) is 0. The zero-order valence-electron chi connectivity index (χ0n) is 11.4. The van der Waals surface area contributed by atoms with Crippen molar-refractivity contribution >= 4 is 33.4 Å². The van der Waals surface area contributed by atoms with E-state index in [1.807, 2.05) is 12.1 Å². The highest BCUT2D eigenvalue weighted by Gasteiger charge is 2.35. The highest BCUT2D eigenvalue weighted by molar-refractivity contribution is 9.10. The quantitative estimate of drug-likeness (QED) is 0.701. The topological polar surface area (TPSA) is 20.3 Å². The van der Waals surface area contributed by atoms with Crippen molar-refractivity contribution in [2.24, 2.45) is 5.92 Å². The van der Waals surface area contributed by atoms with Gasteiger partial charge < -0.3 is 4.90 Å². The van der Waals surface area contributed by atoms with Gasteiger partial charge in [-0.25, -0.2) is 0 Å². The van der Waals surface area contributed by atoms with E-state index in [9.17, 15) is 4.79 Å². The molecule has 1 aliphatic carbocycles. The maximum Gasteiger partial charge on any atom is 0.254 e. The average molecular weight is 357 g/mol. The predicted octanol–water partition coefficient (Wildman–Crippen LogP) is 4.90. The van der Waals surface area contributed by atoms with Gasteiger partial charge >= 0.3 is 0 Å². The molecule has 1 heterocycles. The van der Waals surface area contributed by atoms with Gasteiger partial charge in [0, 0.05) is 22.6 Å². The number of hydrogen-bond acceptors (Lipinski definition) is 1. The van der Waals surface area contributed by atoms with Gasteiger partial charge in [-0.15, -0.1) is 0 Å². The van der Waals surface area contributed by atoms with E-state index < -0.39 is 0 Å². The third-order valence-corrected chi connectivity index (χ3v) is 5.90. The fraction of sp³-hybridized carbons (Fsp3) is 0.562. The smallest absolute Gasteiger partial charge is 0.254 e. The van der Waals surface area contributed by atoms with Crippen LogP contribution in [0.3, 0.4) is 0 Å². The van der Waals surface area contributed by atoms with E-state index in [4.69, 9.17) is 11.6 Å². The Morgan fingerprint density at radius 3 is 2.75 bits per heavy atom. The maximum absolute atomic E-state index is 12.8. The molecule has 0 radical (unpaired) electrons. The van der Waals surface area contributed by atoms with Gasteiger partial charge in [0.05, 0.1) is 5.02 Å². The Kier molecular flexibility index (Phi) is 4.37. The minimum atomic E-state index is 0.149. The van der Waals surface area contributed by atoms with Gasteiger partial charge in [-0.05, 0) is 65.7 Å². The van der Waals surface area contributed by atoms with Crippen LogP contribution in [-0.4, -0.2) is 23.4 Å². The Morgan fingerprint density at radius 2 is 1.95 bits per heavy atom. The van der Waals surface area contributed by atoms with E-state index in [0.29, 0.717) is 22.5 Å². The van der Waals surface area contributed by atoms with Crippen LogP contribution >= 0.6 is 27.5 Å². The molecule has 108 valence electrons. The van der Waals surface area contributed by atoms with Gasteiger partial charge in [-0.2, -0.15) is 0 Å². The van der Waals surface area contributed by atoms with Crippen LogP contribution in [0.15, 0.2) is 22.7 Å². The van der Waals surface area contributed by atoms with E-state index in [-0.39, 0.29) is 5.91 Å². The first-order chi connectivity index (χ1) is 9.66. The molecule has 0 aromatic heterocycles. The first-order valence-electron chi connectivity index (χ1n) is 7.43. The maximum atomic E-state index is 12.8. The molecule has 3 rings (SSSR count). The molecular weight excluding hydrogens is 338 g/mol. The van der Waals surface area contributed by atoms with Crippen molar-refractivity contribution in [3.05, 3.63) is 33.3 Å². The Labute approximate surface area is 133 Å². The molecule has 0 spiro atoms. The summed E-state index contributed by atoms with van der Waals surface area (Å²) in [6, 6.07) is 5.95. The highest BCUT2D eigenvalue weighted by Crippen LogP contribution is 2.36. The summed E-state index contributed by atoms with van der Waals surface area (Å²) in [6.07, 6.45) is 7.46. The summed E-state index contributed by atoms with van der Waals surface area (Å²) < 4.78 is 0.838. The molecule has 4 heteroatoms. The second-order valence-electron chi connectivity index (χ2n) is 5.88. The first-order valence-corrected chi connectivity index (χ1v) is 8.60. The van der Waals surface area contributed by atoms with Crippen LogP contribution in [0.25, 0.3) is 0 Å². The van der Waals surface area contributed by atoms with Crippen molar-refractivity contribution in [2.45, 2.75) is 44.6 Å². The summed E-state index contributed by atoms with van der Waals surface area (Å²) in [6.45, 7) is 0.897. The van der Waals surface area contributed by atoms with Crippen molar-refractivity contribution in [3.63, 3.8) is 0 Å². The number of nitrogens with zero attached hydrogens (tertiary/aromatic N) is 1. The number of likely N-dealkylation sites (tertiary alicyclic amines) is 1. The van der Waals surface area contributed by atoms with Gasteiger partial charge in [0.25, 0.3) is 5.91 Å². The number of amides is 1. The molecule has 2 atom stereocenters. The second kappa shape index (κ2) is 6.07. The normalized spacial score (nSPS) is 26.2. The third kappa shape index (κ3) is 2.75. The number of carbonyl (C=O) groups is 1. The Bertz CT molecular complexity index is 517. The molecule has 0 bridgehead atoms. The molecule has 1 saturated carbocycles. The van der Waals surface area contributed by atoms with Crippen LogP contribution in [-0.2, 0) is 0 Å². The minimum Gasteiger partial charge on any atom is -0.335 e. The molecule has 2 fully saturated rings. The summed E-state index contributed by atoms with van der Waals surface area (Å²) in [5.41, 5.74) is 0.712. The van der Waals surface area contributed by atoms with Crippen LogP contribution in [0, 0.1) is 5.92 Å². The molecule has 1 aromatic carbocycles. The van der Waals surface area contributed by atoms with E-state index >= 15 is 0 Å². The largest absolute Gasteiger partial charge is 0.335 e. The summed E-state index contributed by atoms with van der Waals surface area (Å²) in [5, 5.41) is 0.605. The molecule has 0 N–H and O–H groups in total. The van der Waals surface area contributed by atoms with Crippen molar-refractivity contribution in [3.8, 4) is 0 Å². The van der Waals surface area contributed by atoms with Gasteiger partial charge in [0.15, 0.2) is 0 Å². The molecule has 20 heavy (non-hydrogen) atoms. The van der Waals surface area contributed by atoms with Crippen LogP contribution < -0.4 is 0 Å². The standard InChI is InChI=1S/C16H19BrClNO/c17-13-8-7-12(10-14(13)18)16(20)19-9-3-5-11-4-1-2-6-15(11)19/h7-8,10-11,15H,1-6,9H2. The molecule has 1 amide bonds. The fourth-order valence-corrected chi connectivity index (χ4v) is 4.10. The summed E-state index contributed by atoms with van der Waals surface area (Å²) in [5.74, 6) is 0.864. The Hall–Kier alpha value is -0.540. The van der Waals surface area contributed by atoms with E-state index in [0.717, 1.165) is 17.4 Å².